The molecule has 0 amide bonds. The highest BCUT2D eigenvalue weighted by Gasteiger charge is 2.27. The lowest BCUT2D eigenvalue weighted by Crippen LogP contribution is -2.40. The highest BCUT2D eigenvalue weighted by Crippen LogP contribution is 2.18. The number of nitrogens with one attached hydrogen (secondary N) is 1. The van der Waals surface area contributed by atoms with Crippen LogP contribution in [0.15, 0.2) is 17.2 Å². The molecule has 19 heavy (non-hydrogen) atoms. The maximum atomic E-state index is 12.3. The van der Waals surface area contributed by atoms with Gasteiger partial charge in [-0.25, -0.2) is 13.1 Å². The van der Waals surface area contributed by atoms with Crippen molar-refractivity contribution in [2.75, 3.05) is 6.61 Å². The molecule has 0 spiro atoms. The van der Waals surface area contributed by atoms with E-state index in [0.717, 1.165) is 18.5 Å². The smallest absolute Gasteiger partial charge is 0.242 e. The van der Waals surface area contributed by atoms with Gasteiger partial charge in [0.15, 0.2) is 0 Å². The predicted octanol–water partition coefficient (Wildman–Crippen LogP) is 0.330. The molecule has 1 aromatic heterocycles. The molecule has 2 atom stereocenters. The summed E-state index contributed by atoms with van der Waals surface area (Å²) in [5, 5.41) is 0. The van der Waals surface area contributed by atoms with E-state index in [1.165, 1.54) is 0 Å². The fourth-order valence-electron chi connectivity index (χ4n) is 2.31. The molecule has 0 aromatic carbocycles. The number of aromatic nitrogens is 1. The van der Waals surface area contributed by atoms with Crippen LogP contribution >= 0.6 is 0 Å². The second-order valence-corrected chi connectivity index (χ2v) is 6.66. The summed E-state index contributed by atoms with van der Waals surface area (Å²) in [7, 11) is -1.73. The Hall–Kier alpha value is -0.890. The Morgan fingerprint density at radius 3 is 2.89 bits per heavy atom. The van der Waals surface area contributed by atoms with E-state index >= 15 is 0 Å². The first kappa shape index (κ1) is 14.5. The lowest BCUT2D eigenvalue weighted by molar-refractivity contribution is 0.0902. The third kappa shape index (κ3) is 3.17. The van der Waals surface area contributed by atoms with Gasteiger partial charge < -0.3 is 15.0 Å². The van der Waals surface area contributed by atoms with Gasteiger partial charge in [-0.1, -0.05) is 0 Å². The summed E-state index contributed by atoms with van der Waals surface area (Å²) in [6, 6.07) is 1.37. The summed E-state index contributed by atoms with van der Waals surface area (Å²) < 4.78 is 34.4. The number of hydrogen-bond acceptors (Lipinski definition) is 4. The molecule has 2 rings (SSSR count). The number of nitrogens with two attached hydrogens (primary N) is 1. The quantitative estimate of drug-likeness (QED) is 0.817. The summed E-state index contributed by atoms with van der Waals surface area (Å²) in [6.45, 7) is 2.85. The van der Waals surface area contributed by atoms with Crippen LogP contribution in [0.2, 0.25) is 0 Å². The largest absolute Gasteiger partial charge is 0.377 e. The van der Waals surface area contributed by atoms with Crippen molar-refractivity contribution in [3.8, 4) is 0 Å². The van der Waals surface area contributed by atoms with E-state index in [9.17, 15) is 8.42 Å². The van der Waals surface area contributed by atoms with Gasteiger partial charge >= 0.3 is 0 Å². The standard InChI is InChI=1S/C12H21N3O3S/c1-9(12-4-3-5-18-12)14-19(16,17)11-6-10(7-13)15(2)8-11/h6,8-9,12,14H,3-5,7,13H2,1-2H3. The van der Waals surface area contributed by atoms with E-state index in [0.29, 0.717) is 13.2 Å². The first-order valence-electron chi connectivity index (χ1n) is 6.43. The minimum absolute atomic E-state index is 0.0348. The third-order valence-corrected chi connectivity index (χ3v) is 4.99. The van der Waals surface area contributed by atoms with Crippen LogP contribution in [0.25, 0.3) is 0 Å². The van der Waals surface area contributed by atoms with Crippen LogP contribution in [0.1, 0.15) is 25.5 Å². The van der Waals surface area contributed by atoms with Gasteiger partial charge in [-0.15, -0.1) is 0 Å². The molecule has 0 radical (unpaired) electrons. The van der Waals surface area contributed by atoms with Crippen LogP contribution in [0.3, 0.4) is 0 Å². The van der Waals surface area contributed by atoms with Crippen LogP contribution in [0.4, 0.5) is 0 Å². The van der Waals surface area contributed by atoms with Crippen molar-refractivity contribution in [1.82, 2.24) is 9.29 Å². The van der Waals surface area contributed by atoms with Crippen LogP contribution < -0.4 is 10.5 Å². The number of aryl methyl sites for hydroxylation is 1. The van der Waals surface area contributed by atoms with Crippen molar-refractivity contribution in [3.05, 3.63) is 18.0 Å². The van der Waals surface area contributed by atoms with Gasteiger partial charge in [0.25, 0.3) is 0 Å². The van der Waals surface area contributed by atoms with Gasteiger partial charge in [-0.3, -0.25) is 0 Å². The van der Waals surface area contributed by atoms with Crippen molar-refractivity contribution >= 4 is 10.0 Å². The van der Waals surface area contributed by atoms with E-state index < -0.39 is 10.0 Å². The minimum atomic E-state index is -3.52. The first-order valence-corrected chi connectivity index (χ1v) is 7.91. The van der Waals surface area contributed by atoms with E-state index in [2.05, 4.69) is 4.72 Å². The Labute approximate surface area is 114 Å². The molecule has 1 aromatic rings. The molecule has 0 aliphatic carbocycles. The van der Waals surface area contributed by atoms with E-state index in [-0.39, 0.29) is 17.0 Å². The summed E-state index contributed by atoms with van der Waals surface area (Å²) in [5.41, 5.74) is 6.33. The molecular weight excluding hydrogens is 266 g/mol. The van der Waals surface area contributed by atoms with Gasteiger partial charge in [0.2, 0.25) is 10.0 Å². The maximum absolute atomic E-state index is 12.3. The zero-order chi connectivity index (χ0) is 14.0. The fourth-order valence-corrected chi connectivity index (χ4v) is 3.68. The SMILES string of the molecule is CC(NS(=O)(=O)c1cc(CN)n(C)c1)C1CCCO1. The second-order valence-electron chi connectivity index (χ2n) is 4.94. The van der Waals surface area contributed by atoms with Gasteiger partial charge in [0.1, 0.15) is 0 Å². The minimum Gasteiger partial charge on any atom is -0.377 e. The van der Waals surface area contributed by atoms with E-state index in [1.807, 2.05) is 6.92 Å². The summed E-state index contributed by atoms with van der Waals surface area (Å²) in [6.07, 6.45) is 3.42. The first-order chi connectivity index (χ1) is 8.94. The Balaban J connectivity index is 2.12. The average molecular weight is 287 g/mol. The van der Waals surface area contributed by atoms with Crippen molar-refractivity contribution in [1.29, 1.82) is 0 Å². The molecule has 108 valence electrons. The molecule has 0 saturated carbocycles. The molecule has 6 nitrogen and oxygen atoms in total. The van der Waals surface area contributed by atoms with Crippen LogP contribution in [-0.4, -0.2) is 31.7 Å². The second kappa shape index (κ2) is 5.62. The van der Waals surface area contributed by atoms with Crippen molar-refractivity contribution < 1.29 is 13.2 Å². The van der Waals surface area contributed by atoms with Gasteiger partial charge in [-0.05, 0) is 25.8 Å². The monoisotopic (exact) mass is 287 g/mol. The molecule has 2 unspecified atom stereocenters. The topological polar surface area (TPSA) is 86.4 Å². The summed E-state index contributed by atoms with van der Waals surface area (Å²) in [4.78, 5) is 0.250. The van der Waals surface area contributed by atoms with Gasteiger partial charge in [0, 0.05) is 38.1 Å². The van der Waals surface area contributed by atoms with Gasteiger partial charge in [0.05, 0.1) is 11.0 Å². The Morgan fingerprint density at radius 1 is 1.63 bits per heavy atom. The normalized spacial score (nSPS) is 21.7. The van der Waals surface area contributed by atoms with Crippen LogP contribution in [-0.2, 0) is 28.4 Å². The number of nitrogens with zero attached hydrogens (tertiary/aromatic N) is 1. The molecule has 1 aliphatic rings. The third-order valence-electron chi connectivity index (χ3n) is 3.47. The Kier molecular flexibility index (Phi) is 4.29. The summed E-state index contributed by atoms with van der Waals surface area (Å²) in [5.74, 6) is 0. The van der Waals surface area contributed by atoms with Crippen molar-refractivity contribution in [3.63, 3.8) is 0 Å². The molecular formula is C12H21N3O3S. The number of ether oxygens (including phenoxy) is 1. The highest BCUT2D eigenvalue weighted by molar-refractivity contribution is 7.89. The van der Waals surface area contributed by atoms with E-state index in [4.69, 9.17) is 10.5 Å². The number of rotatable bonds is 5. The Morgan fingerprint density at radius 2 is 2.37 bits per heavy atom. The van der Waals surface area contributed by atoms with Crippen molar-refractivity contribution in [2.45, 2.75) is 43.4 Å². The number of sulfonamides is 1. The molecule has 2 heterocycles. The predicted molar refractivity (Wildman–Crippen MR) is 72.1 cm³/mol. The fraction of sp³-hybridized carbons (Fsp3) is 0.667. The molecule has 1 saturated heterocycles. The molecule has 3 N–H and O–H groups in total. The molecule has 7 heteroatoms. The van der Waals surface area contributed by atoms with Crippen LogP contribution in [0.5, 0.6) is 0 Å². The lowest BCUT2D eigenvalue weighted by atomic mass is 10.1. The van der Waals surface area contributed by atoms with Crippen molar-refractivity contribution in [2.24, 2.45) is 12.8 Å². The zero-order valence-corrected chi connectivity index (χ0v) is 12.1. The molecule has 0 bridgehead atoms. The highest BCUT2D eigenvalue weighted by atomic mass is 32.2. The maximum Gasteiger partial charge on any atom is 0.242 e. The Bertz CT molecular complexity index is 532. The summed E-state index contributed by atoms with van der Waals surface area (Å²) >= 11 is 0. The zero-order valence-electron chi connectivity index (χ0n) is 11.3. The lowest BCUT2D eigenvalue weighted by Gasteiger charge is -2.19. The van der Waals surface area contributed by atoms with E-state index in [1.54, 1.807) is 23.9 Å². The number of hydrogen-bond donors (Lipinski definition) is 2. The average Bonchev–Trinajstić information content (AvgIpc) is 2.96. The molecule has 1 fully saturated rings. The van der Waals surface area contributed by atoms with Gasteiger partial charge in [-0.2, -0.15) is 0 Å². The van der Waals surface area contributed by atoms with Crippen LogP contribution in [0, 0.1) is 0 Å². The molecule has 1 aliphatic heterocycles.